The molecule has 32 heavy (non-hydrogen) atoms. The van der Waals surface area contributed by atoms with Gasteiger partial charge in [-0.15, -0.1) is 0 Å². The van der Waals surface area contributed by atoms with Crippen LogP contribution < -0.4 is 10.9 Å². The Morgan fingerprint density at radius 3 is 2.41 bits per heavy atom. The molecule has 160 valence electrons. The van der Waals surface area contributed by atoms with Crippen LogP contribution in [0.3, 0.4) is 0 Å². The van der Waals surface area contributed by atoms with Crippen molar-refractivity contribution in [1.82, 2.24) is 14.7 Å². The topological polar surface area (TPSA) is 89.8 Å². The van der Waals surface area contributed by atoms with E-state index in [-0.39, 0.29) is 12.2 Å². The van der Waals surface area contributed by atoms with Crippen LogP contribution in [0.4, 0.5) is 0 Å². The molecule has 1 unspecified atom stereocenters. The number of esters is 1. The molecule has 0 bridgehead atoms. The van der Waals surface area contributed by atoms with E-state index in [0.29, 0.717) is 22.5 Å². The highest BCUT2D eigenvalue weighted by Gasteiger charge is 2.25. The van der Waals surface area contributed by atoms with Crippen molar-refractivity contribution in [3.8, 4) is 0 Å². The van der Waals surface area contributed by atoms with E-state index in [0.717, 1.165) is 5.56 Å². The number of aryl methyl sites for hydroxylation is 1. The fourth-order valence-electron chi connectivity index (χ4n) is 3.28. The van der Waals surface area contributed by atoms with E-state index in [2.05, 4.69) is 10.3 Å². The zero-order chi connectivity index (χ0) is 22.5. The number of nitrogens with zero attached hydrogens (tertiary/aromatic N) is 2. The Kier molecular flexibility index (Phi) is 6.07. The predicted molar refractivity (Wildman–Crippen MR) is 119 cm³/mol. The summed E-state index contributed by atoms with van der Waals surface area (Å²) in [6.07, 6.45) is 1.65. The fourth-order valence-corrected chi connectivity index (χ4v) is 3.28. The third kappa shape index (κ3) is 4.73. The molecule has 0 fully saturated rings. The summed E-state index contributed by atoms with van der Waals surface area (Å²) in [5.74, 6) is -1.04. The molecular formula is C25H21N3O4. The maximum absolute atomic E-state index is 12.9. The van der Waals surface area contributed by atoms with Gasteiger partial charge in [0, 0.05) is 17.8 Å². The van der Waals surface area contributed by atoms with Crippen LogP contribution in [0.1, 0.15) is 33.2 Å². The molecule has 0 aliphatic rings. The minimum Gasteiger partial charge on any atom is -0.457 e. The lowest BCUT2D eigenvalue weighted by molar-refractivity contribution is -0.147. The number of fused-ring (bicyclic) bond motifs is 1. The minimum absolute atomic E-state index is 0.191. The van der Waals surface area contributed by atoms with Crippen molar-refractivity contribution in [3.05, 3.63) is 118 Å². The molecule has 1 amide bonds. The molecule has 7 nitrogen and oxygen atoms in total. The van der Waals surface area contributed by atoms with Crippen LogP contribution in [0.25, 0.3) is 5.65 Å². The highest BCUT2D eigenvalue weighted by molar-refractivity contribution is 5.97. The third-order valence-electron chi connectivity index (χ3n) is 4.92. The molecule has 2 aromatic carbocycles. The largest absolute Gasteiger partial charge is 0.457 e. The average Bonchev–Trinajstić information content (AvgIpc) is 2.81. The monoisotopic (exact) mass is 427 g/mol. The third-order valence-corrected chi connectivity index (χ3v) is 4.92. The number of carbonyl (C=O) groups excluding carboxylic acids is 2. The normalized spacial score (nSPS) is 11.7. The number of benzene rings is 2. The molecular weight excluding hydrogens is 406 g/mol. The molecule has 0 aliphatic carbocycles. The molecule has 1 N–H and O–H groups in total. The van der Waals surface area contributed by atoms with Gasteiger partial charge in [-0.1, -0.05) is 48.5 Å². The summed E-state index contributed by atoms with van der Waals surface area (Å²) in [6, 6.07) is 21.4. The fraction of sp³-hybridized carbons (Fsp3) is 0.120. The van der Waals surface area contributed by atoms with E-state index < -0.39 is 17.9 Å². The molecule has 4 aromatic rings. The van der Waals surface area contributed by atoms with Gasteiger partial charge in [0.25, 0.3) is 11.5 Å². The Labute approximate surface area is 184 Å². The van der Waals surface area contributed by atoms with Crippen molar-refractivity contribution >= 4 is 17.5 Å². The lowest BCUT2D eigenvalue weighted by Gasteiger charge is -2.18. The molecule has 0 radical (unpaired) electrons. The summed E-state index contributed by atoms with van der Waals surface area (Å²) in [6.45, 7) is 1.71. The van der Waals surface area contributed by atoms with E-state index >= 15 is 0 Å². The average molecular weight is 427 g/mol. The van der Waals surface area contributed by atoms with Crippen molar-refractivity contribution in [3.63, 3.8) is 0 Å². The zero-order valence-electron chi connectivity index (χ0n) is 17.4. The van der Waals surface area contributed by atoms with E-state index in [1.165, 1.54) is 10.5 Å². The number of aromatic nitrogens is 2. The van der Waals surface area contributed by atoms with Gasteiger partial charge < -0.3 is 10.1 Å². The van der Waals surface area contributed by atoms with Crippen LogP contribution in [0.2, 0.25) is 0 Å². The summed E-state index contributed by atoms with van der Waals surface area (Å²) >= 11 is 0. The SMILES string of the molecule is Cc1ccn2c(=O)cc(COC(=O)C(NC(=O)c3ccccc3)c3ccccc3)nc2c1. The molecule has 0 spiro atoms. The number of amides is 1. The summed E-state index contributed by atoms with van der Waals surface area (Å²) in [5, 5.41) is 2.73. The Balaban J connectivity index is 1.54. The van der Waals surface area contributed by atoms with Gasteiger partial charge >= 0.3 is 5.97 Å². The lowest BCUT2D eigenvalue weighted by Crippen LogP contribution is -2.35. The number of ether oxygens (including phenoxy) is 1. The summed E-state index contributed by atoms with van der Waals surface area (Å²) < 4.78 is 6.87. The van der Waals surface area contributed by atoms with Crippen LogP contribution in [-0.4, -0.2) is 21.3 Å². The van der Waals surface area contributed by atoms with Gasteiger partial charge in [-0.25, -0.2) is 9.78 Å². The van der Waals surface area contributed by atoms with E-state index in [9.17, 15) is 14.4 Å². The number of hydrogen-bond acceptors (Lipinski definition) is 5. The number of carbonyl (C=O) groups is 2. The highest BCUT2D eigenvalue weighted by Crippen LogP contribution is 2.16. The molecule has 2 heterocycles. The summed E-state index contributed by atoms with van der Waals surface area (Å²) in [4.78, 5) is 42.3. The Bertz CT molecular complexity index is 1320. The first-order chi connectivity index (χ1) is 15.5. The summed E-state index contributed by atoms with van der Waals surface area (Å²) in [7, 11) is 0. The second-order valence-corrected chi connectivity index (χ2v) is 7.31. The van der Waals surface area contributed by atoms with E-state index in [1.54, 1.807) is 66.9 Å². The van der Waals surface area contributed by atoms with Crippen LogP contribution in [0.15, 0.2) is 89.9 Å². The van der Waals surface area contributed by atoms with E-state index in [1.807, 2.05) is 19.1 Å². The van der Waals surface area contributed by atoms with Crippen molar-refractivity contribution in [1.29, 1.82) is 0 Å². The van der Waals surface area contributed by atoms with Gasteiger partial charge in [0.15, 0.2) is 6.04 Å². The number of rotatable bonds is 6. The van der Waals surface area contributed by atoms with Gasteiger partial charge in [0.2, 0.25) is 0 Å². The first-order valence-corrected chi connectivity index (χ1v) is 10.1. The Hall–Kier alpha value is -4.26. The first kappa shape index (κ1) is 21.0. The second kappa shape index (κ2) is 9.26. The zero-order valence-corrected chi connectivity index (χ0v) is 17.4. The van der Waals surface area contributed by atoms with Crippen molar-refractivity contribution in [2.45, 2.75) is 19.6 Å². The molecule has 4 rings (SSSR count). The van der Waals surface area contributed by atoms with Gasteiger partial charge in [0.1, 0.15) is 12.3 Å². The predicted octanol–water partition coefficient (Wildman–Crippen LogP) is 3.22. The maximum Gasteiger partial charge on any atom is 0.333 e. The Morgan fingerprint density at radius 2 is 1.69 bits per heavy atom. The quantitative estimate of drug-likeness (QED) is 0.477. The van der Waals surface area contributed by atoms with Gasteiger partial charge in [0.05, 0.1) is 5.69 Å². The van der Waals surface area contributed by atoms with Gasteiger partial charge in [-0.05, 0) is 42.3 Å². The molecule has 0 aliphatic heterocycles. The van der Waals surface area contributed by atoms with Crippen molar-refractivity contribution < 1.29 is 14.3 Å². The molecule has 0 saturated heterocycles. The molecule has 1 atom stereocenters. The first-order valence-electron chi connectivity index (χ1n) is 10.1. The molecule has 2 aromatic heterocycles. The van der Waals surface area contributed by atoms with Crippen LogP contribution in [-0.2, 0) is 16.1 Å². The molecule has 7 heteroatoms. The van der Waals surface area contributed by atoms with Crippen LogP contribution >= 0.6 is 0 Å². The minimum atomic E-state index is -1.01. The lowest BCUT2D eigenvalue weighted by atomic mass is 10.1. The van der Waals surface area contributed by atoms with Gasteiger partial charge in [-0.3, -0.25) is 14.0 Å². The number of nitrogens with one attached hydrogen (secondary N) is 1. The van der Waals surface area contributed by atoms with E-state index in [4.69, 9.17) is 4.74 Å². The molecule has 0 saturated carbocycles. The van der Waals surface area contributed by atoms with Gasteiger partial charge in [-0.2, -0.15) is 0 Å². The second-order valence-electron chi connectivity index (χ2n) is 7.31. The smallest absolute Gasteiger partial charge is 0.333 e. The Morgan fingerprint density at radius 1 is 1.00 bits per heavy atom. The number of pyridine rings is 1. The van der Waals surface area contributed by atoms with Crippen LogP contribution in [0.5, 0.6) is 0 Å². The van der Waals surface area contributed by atoms with Crippen molar-refractivity contribution in [2.24, 2.45) is 0 Å². The summed E-state index contributed by atoms with van der Waals surface area (Å²) in [5.41, 5.74) is 2.51. The number of hydrogen-bond donors (Lipinski definition) is 1. The standard InChI is InChI=1S/C25H21N3O4/c1-17-12-13-28-21(14-17)26-20(15-22(28)29)16-32-25(31)23(18-8-4-2-5-9-18)27-24(30)19-10-6-3-7-11-19/h2-15,23H,16H2,1H3,(H,27,30). The van der Waals surface area contributed by atoms with Crippen LogP contribution in [0, 0.1) is 6.92 Å². The maximum atomic E-state index is 12.9. The van der Waals surface area contributed by atoms with Crippen molar-refractivity contribution in [2.75, 3.05) is 0 Å². The highest BCUT2D eigenvalue weighted by atomic mass is 16.5.